The van der Waals surface area contributed by atoms with Gasteiger partial charge in [-0.3, -0.25) is 4.98 Å². The fourth-order valence-corrected chi connectivity index (χ4v) is 3.31. The fraction of sp³-hybridized carbons (Fsp3) is 0.0952. The average Bonchev–Trinajstić information content (AvgIpc) is 2.74. The van der Waals surface area contributed by atoms with E-state index in [-0.39, 0.29) is 11.6 Å². The van der Waals surface area contributed by atoms with Crippen LogP contribution in [0.1, 0.15) is 11.1 Å². The van der Waals surface area contributed by atoms with Gasteiger partial charge in [-0.25, -0.2) is 8.42 Å². The van der Waals surface area contributed by atoms with E-state index in [2.05, 4.69) is 9.71 Å². The van der Waals surface area contributed by atoms with Crippen LogP contribution in [0, 0.1) is 0 Å². The first-order valence-electron chi connectivity index (χ1n) is 8.52. The number of ether oxygens (including phenoxy) is 2. The number of para-hydroxylation sites is 1. The summed E-state index contributed by atoms with van der Waals surface area (Å²) < 4.78 is 37.9. The van der Waals surface area contributed by atoms with E-state index in [4.69, 9.17) is 9.47 Å². The van der Waals surface area contributed by atoms with Crippen molar-refractivity contribution in [2.75, 3.05) is 13.8 Å². The lowest BCUT2D eigenvalue weighted by Gasteiger charge is -2.11. The summed E-state index contributed by atoms with van der Waals surface area (Å²) >= 11 is 0. The number of nitrogens with zero attached hydrogens (tertiary/aromatic N) is 1. The largest absolute Gasteiger partial charge is 0.497 e. The van der Waals surface area contributed by atoms with Gasteiger partial charge >= 0.3 is 0 Å². The van der Waals surface area contributed by atoms with Crippen LogP contribution in [-0.2, 0) is 10.0 Å². The van der Waals surface area contributed by atoms with E-state index in [1.807, 2.05) is 42.5 Å². The van der Waals surface area contributed by atoms with Gasteiger partial charge in [0.05, 0.1) is 12.0 Å². The second-order valence-electron chi connectivity index (χ2n) is 5.76. The quantitative estimate of drug-likeness (QED) is 0.589. The predicted molar refractivity (Wildman–Crippen MR) is 108 cm³/mol. The minimum absolute atomic E-state index is 0.141. The van der Waals surface area contributed by atoms with Crippen molar-refractivity contribution < 1.29 is 17.9 Å². The number of hydrogen-bond acceptors (Lipinski definition) is 5. The summed E-state index contributed by atoms with van der Waals surface area (Å²) in [4.78, 5) is 4.13. The summed E-state index contributed by atoms with van der Waals surface area (Å²) in [5, 5.41) is 0. The Bertz CT molecular complexity index is 1030. The molecule has 0 saturated heterocycles. The maximum atomic E-state index is 12.4. The molecule has 0 amide bonds. The van der Waals surface area contributed by atoms with E-state index >= 15 is 0 Å². The molecule has 0 saturated carbocycles. The molecule has 0 atom stereocenters. The summed E-state index contributed by atoms with van der Waals surface area (Å²) in [5.41, 5.74) is 1.84. The zero-order chi connectivity index (χ0) is 19.8. The highest BCUT2D eigenvalue weighted by Gasteiger charge is 2.14. The highest BCUT2D eigenvalue weighted by molar-refractivity contribution is 7.89. The summed E-state index contributed by atoms with van der Waals surface area (Å²) in [7, 11) is -2.16. The van der Waals surface area contributed by atoms with Crippen molar-refractivity contribution in [1.29, 1.82) is 0 Å². The van der Waals surface area contributed by atoms with Gasteiger partial charge in [-0.05, 0) is 48.0 Å². The van der Waals surface area contributed by atoms with Crippen LogP contribution in [0.15, 0.2) is 78.0 Å². The van der Waals surface area contributed by atoms with Gasteiger partial charge in [-0.2, -0.15) is 4.72 Å². The topological polar surface area (TPSA) is 77.5 Å². The van der Waals surface area contributed by atoms with Crippen LogP contribution in [0.4, 0.5) is 0 Å². The molecule has 0 fully saturated rings. The maximum absolute atomic E-state index is 12.4. The minimum atomic E-state index is -3.68. The number of methoxy groups -OCH3 is 1. The van der Waals surface area contributed by atoms with Crippen LogP contribution in [0.5, 0.6) is 11.5 Å². The summed E-state index contributed by atoms with van der Waals surface area (Å²) in [6.07, 6.45) is 7.28. The van der Waals surface area contributed by atoms with Gasteiger partial charge in [0.1, 0.15) is 11.5 Å². The van der Waals surface area contributed by atoms with Crippen LogP contribution in [-0.4, -0.2) is 27.2 Å². The Morgan fingerprint density at radius 3 is 2.39 bits per heavy atom. The third-order valence-electron chi connectivity index (χ3n) is 3.93. The lowest BCUT2D eigenvalue weighted by atomic mass is 10.1. The number of benzene rings is 2. The molecule has 0 radical (unpaired) electrons. The first-order valence-corrected chi connectivity index (χ1v) is 10.0. The van der Waals surface area contributed by atoms with E-state index in [0.717, 1.165) is 11.1 Å². The Morgan fingerprint density at radius 2 is 1.68 bits per heavy atom. The van der Waals surface area contributed by atoms with Gasteiger partial charge in [0.25, 0.3) is 0 Å². The van der Waals surface area contributed by atoms with Crippen molar-refractivity contribution >= 4 is 22.2 Å². The molecule has 144 valence electrons. The van der Waals surface area contributed by atoms with E-state index in [1.165, 1.54) is 19.2 Å². The number of aromatic nitrogens is 1. The third-order valence-corrected chi connectivity index (χ3v) is 5.32. The molecule has 1 aromatic heterocycles. The van der Waals surface area contributed by atoms with Gasteiger partial charge in [0.2, 0.25) is 10.0 Å². The Kier molecular flexibility index (Phi) is 6.41. The van der Waals surface area contributed by atoms with Crippen molar-refractivity contribution in [3.63, 3.8) is 0 Å². The lowest BCUT2D eigenvalue weighted by Crippen LogP contribution is -2.28. The molecule has 0 aliphatic carbocycles. The molecule has 0 bridgehead atoms. The fourth-order valence-electron chi connectivity index (χ4n) is 2.43. The van der Waals surface area contributed by atoms with Crippen LogP contribution in [0.25, 0.3) is 12.2 Å². The molecule has 7 heteroatoms. The summed E-state index contributed by atoms with van der Waals surface area (Å²) in [5.74, 6) is 1.16. The van der Waals surface area contributed by atoms with Crippen molar-refractivity contribution in [2.45, 2.75) is 4.90 Å². The lowest BCUT2D eigenvalue weighted by molar-refractivity contribution is 0.310. The Balaban J connectivity index is 1.65. The number of sulfonamides is 1. The van der Waals surface area contributed by atoms with Crippen LogP contribution in [0.3, 0.4) is 0 Å². The smallest absolute Gasteiger partial charge is 0.243 e. The van der Waals surface area contributed by atoms with Crippen molar-refractivity contribution in [2.24, 2.45) is 0 Å². The normalized spacial score (nSPS) is 11.5. The van der Waals surface area contributed by atoms with Crippen molar-refractivity contribution in [3.05, 3.63) is 84.2 Å². The SMILES string of the molecule is COc1ccc(S(=O)(=O)NCOc2ccccc2/C=C/c2ccncc2)cc1. The number of pyridine rings is 1. The molecule has 3 rings (SSSR count). The molecule has 0 aliphatic rings. The molecule has 2 aromatic carbocycles. The third kappa shape index (κ3) is 5.18. The number of hydrogen-bond donors (Lipinski definition) is 1. The number of rotatable bonds is 8. The van der Waals surface area contributed by atoms with E-state index in [9.17, 15) is 8.42 Å². The molecule has 1 N–H and O–H groups in total. The molecule has 28 heavy (non-hydrogen) atoms. The van der Waals surface area contributed by atoms with E-state index < -0.39 is 10.0 Å². The molecular formula is C21H20N2O4S. The Labute approximate surface area is 164 Å². The van der Waals surface area contributed by atoms with Crippen molar-refractivity contribution in [1.82, 2.24) is 9.71 Å². The Morgan fingerprint density at radius 1 is 0.964 bits per heavy atom. The van der Waals surface area contributed by atoms with Gasteiger partial charge in [-0.15, -0.1) is 0 Å². The number of nitrogens with one attached hydrogen (secondary N) is 1. The monoisotopic (exact) mass is 396 g/mol. The second-order valence-corrected chi connectivity index (χ2v) is 7.53. The molecule has 0 spiro atoms. The van der Waals surface area contributed by atoms with Gasteiger partial charge < -0.3 is 9.47 Å². The van der Waals surface area contributed by atoms with E-state index in [0.29, 0.717) is 11.5 Å². The van der Waals surface area contributed by atoms with Crippen LogP contribution in [0.2, 0.25) is 0 Å². The van der Waals surface area contributed by atoms with Gasteiger partial charge in [0, 0.05) is 18.0 Å². The molecular weight excluding hydrogens is 376 g/mol. The summed E-state index contributed by atoms with van der Waals surface area (Å²) in [6, 6.07) is 17.3. The van der Waals surface area contributed by atoms with Crippen LogP contribution < -0.4 is 14.2 Å². The molecule has 3 aromatic rings. The first kappa shape index (κ1) is 19.6. The molecule has 0 aliphatic heterocycles. The maximum Gasteiger partial charge on any atom is 0.243 e. The molecule has 6 nitrogen and oxygen atoms in total. The van der Waals surface area contributed by atoms with E-state index in [1.54, 1.807) is 30.6 Å². The molecule has 1 heterocycles. The first-order chi connectivity index (χ1) is 13.6. The highest BCUT2D eigenvalue weighted by atomic mass is 32.2. The standard InChI is InChI=1S/C21H20N2O4S/c1-26-19-8-10-20(11-9-19)28(24,25)23-16-27-21-5-3-2-4-18(21)7-6-17-12-14-22-15-13-17/h2-15,23H,16H2,1H3/b7-6+. The zero-order valence-corrected chi connectivity index (χ0v) is 16.1. The zero-order valence-electron chi connectivity index (χ0n) is 15.3. The summed E-state index contributed by atoms with van der Waals surface area (Å²) in [6.45, 7) is -0.186. The predicted octanol–water partition coefficient (Wildman–Crippen LogP) is 3.58. The highest BCUT2D eigenvalue weighted by Crippen LogP contribution is 2.21. The molecule has 0 unspecified atom stereocenters. The van der Waals surface area contributed by atoms with Gasteiger partial charge in [-0.1, -0.05) is 30.4 Å². The second kappa shape index (κ2) is 9.16. The van der Waals surface area contributed by atoms with Crippen molar-refractivity contribution in [3.8, 4) is 11.5 Å². The Hall–Kier alpha value is -3.16. The average molecular weight is 396 g/mol. The van der Waals surface area contributed by atoms with Crippen LogP contribution >= 0.6 is 0 Å². The van der Waals surface area contributed by atoms with Gasteiger partial charge in [0.15, 0.2) is 6.73 Å². The minimum Gasteiger partial charge on any atom is -0.497 e.